The zero-order valence-electron chi connectivity index (χ0n) is 3.88. The fourth-order valence-electron chi connectivity index (χ4n) is 0.179. The van der Waals surface area contributed by atoms with Crippen molar-refractivity contribution in [1.82, 2.24) is 5.32 Å². The number of nitrogens with one attached hydrogen (secondary N) is 1. The summed E-state index contributed by atoms with van der Waals surface area (Å²) < 4.78 is 0. The average molecular weight is 121 g/mol. The average Bonchev–Trinajstić information content (AvgIpc) is 1.27. The van der Waals surface area contributed by atoms with E-state index in [0.717, 1.165) is 0 Å². The first-order valence-electron chi connectivity index (χ1n) is 1.80. The SMILES string of the molecule is CC(O)NC(=O)S. The third-order valence-electron chi connectivity index (χ3n) is 0.332. The van der Waals surface area contributed by atoms with Gasteiger partial charge < -0.3 is 10.4 Å². The molecule has 0 saturated carbocycles. The molecule has 2 N–H and O–H groups in total. The van der Waals surface area contributed by atoms with E-state index in [2.05, 4.69) is 17.9 Å². The van der Waals surface area contributed by atoms with Crippen molar-refractivity contribution in [2.75, 3.05) is 0 Å². The van der Waals surface area contributed by atoms with E-state index >= 15 is 0 Å². The number of carbonyl (C=O) groups is 1. The lowest BCUT2D eigenvalue weighted by Crippen LogP contribution is -2.27. The molecular formula is C3H7NO2S. The van der Waals surface area contributed by atoms with E-state index in [0.29, 0.717) is 0 Å². The van der Waals surface area contributed by atoms with E-state index in [1.807, 2.05) is 0 Å². The van der Waals surface area contributed by atoms with E-state index in [9.17, 15) is 4.79 Å². The lowest BCUT2D eigenvalue weighted by Gasteiger charge is -2.00. The lowest BCUT2D eigenvalue weighted by molar-refractivity contribution is 0.166. The van der Waals surface area contributed by atoms with Gasteiger partial charge in [-0.25, -0.2) is 0 Å². The highest BCUT2D eigenvalue weighted by molar-refractivity contribution is 7.96. The van der Waals surface area contributed by atoms with Gasteiger partial charge in [0.25, 0.3) is 5.24 Å². The lowest BCUT2D eigenvalue weighted by atomic mass is 10.7. The summed E-state index contributed by atoms with van der Waals surface area (Å²) >= 11 is 3.33. The Bertz CT molecular complexity index is 73.3. The van der Waals surface area contributed by atoms with E-state index in [1.54, 1.807) is 0 Å². The van der Waals surface area contributed by atoms with Crippen LogP contribution in [0.15, 0.2) is 0 Å². The molecule has 1 atom stereocenters. The molecule has 3 nitrogen and oxygen atoms in total. The largest absolute Gasteiger partial charge is 0.374 e. The molecule has 0 rings (SSSR count). The summed E-state index contributed by atoms with van der Waals surface area (Å²) in [7, 11) is 0. The highest BCUT2D eigenvalue weighted by Gasteiger charge is 1.93. The van der Waals surface area contributed by atoms with Crippen LogP contribution >= 0.6 is 12.6 Å². The molecule has 0 aliphatic carbocycles. The zero-order chi connectivity index (χ0) is 5.86. The van der Waals surface area contributed by atoms with Crippen LogP contribution < -0.4 is 5.32 Å². The number of rotatable bonds is 1. The normalized spacial score (nSPS) is 13.0. The Labute approximate surface area is 47.1 Å². The van der Waals surface area contributed by atoms with Gasteiger partial charge >= 0.3 is 0 Å². The Hall–Kier alpha value is -0.220. The van der Waals surface area contributed by atoms with Crippen LogP contribution in [-0.4, -0.2) is 16.6 Å². The van der Waals surface area contributed by atoms with Gasteiger partial charge in [-0.2, -0.15) is 0 Å². The van der Waals surface area contributed by atoms with Gasteiger partial charge in [-0.15, -0.1) is 0 Å². The van der Waals surface area contributed by atoms with Gasteiger partial charge in [-0.3, -0.25) is 4.79 Å². The van der Waals surface area contributed by atoms with Crippen LogP contribution in [0.1, 0.15) is 6.92 Å². The van der Waals surface area contributed by atoms with Gasteiger partial charge in [0.15, 0.2) is 0 Å². The Morgan fingerprint density at radius 2 is 2.43 bits per heavy atom. The third-order valence-corrected chi connectivity index (χ3v) is 0.461. The molecule has 0 aliphatic heterocycles. The van der Waals surface area contributed by atoms with E-state index in [4.69, 9.17) is 5.11 Å². The molecular weight excluding hydrogens is 114 g/mol. The first-order valence-corrected chi connectivity index (χ1v) is 2.25. The summed E-state index contributed by atoms with van der Waals surface area (Å²) in [5, 5.41) is 9.91. The van der Waals surface area contributed by atoms with Crippen LogP contribution in [0.25, 0.3) is 0 Å². The topological polar surface area (TPSA) is 49.3 Å². The Balaban J connectivity index is 3.13. The first kappa shape index (κ1) is 6.78. The van der Waals surface area contributed by atoms with Crippen molar-refractivity contribution in [3.8, 4) is 0 Å². The quantitative estimate of drug-likeness (QED) is 0.337. The first-order chi connectivity index (χ1) is 3.13. The van der Waals surface area contributed by atoms with Crippen LogP contribution in [0, 0.1) is 0 Å². The van der Waals surface area contributed by atoms with E-state index < -0.39 is 11.5 Å². The van der Waals surface area contributed by atoms with Crippen LogP contribution in [0.3, 0.4) is 0 Å². The number of amides is 1. The number of carbonyl (C=O) groups excluding carboxylic acids is 1. The van der Waals surface area contributed by atoms with E-state index in [-0.39, 0.29) is 0 Å². The molecule has 0 aromatic carbocycles. The minimum atomic E-state index is -0.801. The molecule has 0 saturated heterocycles. The second-order valence-corrected chi connectivity index (χ2v) is 1.53. The summed E-state index contributed by atoms with van der Waals surface area (Å²) in [5.41, 5.74) is 0. The standard InChI is InChI=1S/C3H7NO2S/c1-2(5)4-3(6)7/h2,5H,1H3,(H2,4,6,7). The summed E-state index contributed by atoms with van der Waals surface area (Å²) in [4.78, 5) is 9.85. The number of aliphatic hydroxyl groups excluding tert-OH is 1. The maximum atomic E-state index is 9.85. The molecule has 0 aromatic heterocycles. The van der Waals surface area contributed by atoms with Gasteiger partial charge in [0, 0.05) is 0 Å². The number of hydrogen-bond acceptors (Lipinski definition) is 2. The van der Waals surface area contributed by atoms with Gasteiger partial charge in [0.1, 0.15) is 6.23 Å². The van der Waals surface area contributed by atoms with Crippen LogP contribution in [0.5, 0.6) is 0 Å². The Morgan fingerprint density at radius 1 is 2.00 bits per heavy atom. The van der Waals surface area contributed by atoms with Crippen molar-refractivity contribution in [1.29, 1.82) is 0 Å². The van der Waals surface area contributed by atoms with Gasteiger partial charge in [-0.05, 0) is 6.92 Å². The monoisotopic (exact) mass is 121 g/mol. The molecule has 0 heterocycles. The minimum Gasteiger partial charge on any atom is -0.374 e. The maximum absolute atomic E-state index is 9.85. The van der Waals surface area contributed by atoms with Gasteiger partial charge in [0.2, 0.25) is 0 Å². The van der Waals surface area contributed by atoms with Crippen molar-refractivity contribution >= 4 is 17.9 Å². The molecule has 42 valence electrons. The molecule has 7 heavy (non-hydrogen) atoms. The predicted molar refractivity (Wildman–Crippen MR) is 29.2 cm³/mol. The van der Waals surface area contributed by atoms with Crippen LogP contribution in [0.2, 0.25) is 0 Å². The molecule has 4 heteroatoms. The summed E-state index contributed by atoms with van der Waals surface area (Å²) in [6.07, 6.45) is -0.801. The molecule has 0 aliphatic rings. The second-order valence-electron chi connectivity index (χ2n) is 1.13. The van der Waals surface area contributed by atoms with Crippen molar-refractivity contribution < 1.29 is 9.90 Å². The van der Waals surface area contributed by atoms with Crippen molar-refractivity contribution in [3.63, 3.8) is 0 Å². The molecule has 0 bridgehead atoms. The maximum Gasteiger partial charge on any atom is 0.277 e. The predicted octanol–water partition coefficient (Wildman–Crippen LogP) is -0.0359. The molecule has 0 aromatic rings. The van der Waals surface area contributed by atoms with Crippen molar-refractivity contribution in [2.45, 2.75) is 13.2 Å². The molecule has 0 spiro atoms. The molecule has 1 unspecified atom stereocenters. The van der Waals surface area contributed by atoms with Gasteiger partial charge in [0.05, 0.1) is 0 Å². The van der Waals surface area contributed by atoms with Crippen LogP contribution in [0.4, 0.5) is 4.79 Å². The van der Waals surface area contributed by atoms with E-state index in [1.165, 1.54) is 6.92 Å². The molecule has 0 fully saturated rings. The van der Waals surface area contributed by atoms with Crippen molar-refractivity contribution in [2.24, 2.45) is 0 Å². The molecule has 1 amide bonds. The Kier molecular flexibility index (Phi) is 2.78. The van der Waals surface area contributed by atoms with Crippen molar-refractivity contribution in [3.05, 3.63) is 0 Å². The number of hydrogen-bond donors (Lipinski definition) is 3. The summed E-state index contributed by atoms with van der Waals surface area (Å²) in [6, 6.07) is 0. The fraction of sp³-hybridized carbons (Fsp3) is 0.667. The number of aliphatic hydroxyl groups is 1. The highest BCUT2D eigenvalue weighted by Crippen LogP contribution is 1.77. The smallest absolute Gasteiger partial charge is 0.277 e. The Morgan fingerprint density at radius 3 is 2.43 bits per heavy atom. The highest BCUT2D eigenvalue weighted by atomic mass is 32.1. The minimum absolute atomic E-state index is 0.519. The second kappa shape index (κ2) is 2.87. The number of thiol groups is 1. The summed E-state index contributed by atoms with van der Waals surface area (Å²) in [5.74, 6) is 0. The third kappa shape index (κ3) is 5.78. The van der Waals surface area contributed by atoms with Gasteiger partial charge in [-0.1, -0.05) is 12.6 Å². The van der Waals surface area contributed by atoms with Crippen LogP contribution in [-0.2, 0) is 0 Å². The fourth-order valence-corrected chi connectivity index (χ4v) is 0.366. The molecule has 0 radical (unpaired) electrons. The summed E-state index contributed by atoms with van der Waals surface area (Å²) in [6.45, 7) is 1.44. The zero-order valence-corrected chi connectivity index (χ0v) is 4.77.